The monoisotopic (exact) mass is 470 g/mol. The molecule has 9 heteroatoms. The molecule has 1 aromatic carbocycles. The Labute approximate surface area is 189 Å². The molecule has 1 aliphatic carbocycles. The molecule has 7 nitrogen and oxygen atoms in total. The van der Waals surface area contributed by atoms with Gasteiger partial charge in [0.1, 0.15) is 0 Å². The molecule has 1 amide bonds. The Balaban J connectivity index is 1.72. The number of esters is 1. The quantitative estimate of drug-likeness (QED) is 0.570. The van der Waals surface area contributed by atoms with Gasteiger partial charge in [-0.1, -0.05) is 30.9 Å². The van der Waals surface area contributed by atoms with Gasteiger partial charge in [0.15, 0.2) is 0 Å². The lowest BCUT2D eigenvalue weighted by Crippen LogP contribution is -2.50. The number of rotatable bonds is 7. The number of halogens is 1. The minimum Gasteiger partial charge on any atom is -0.466 e. The molecule has 0 aromatic heterocycles. The molecule has 0 unspecified atom stereocenters. The van der Waals surface area contributed by atoms with Crippen LogP contribution in [0.3, 0.4) is 0 Å². The van der Waals surface area contributed by atoms with Crippen molar-refractivity contribution in [2.45, 2.75) is 62.8 Å². The van der Waals surface area contributed by atoms with Crippen LogP contribution in [0.1, 0.15) is 51.9 Å². The number of benzene rings is 1. The summed E-state index contributed by atoms with van der Waals surface area (Å²) in [5.74, 6) is -0.634. The molecule has 0 atom stereocenters. The van der Waals surface area contributed by atoms with Gasteiger partial charge in [-0.25, -0.2) is 8.42 Å². The van der Waals surface area contributed by atoms with E-state index in [0.717, 1.165) is 32.1 Å². The first-order valence-corrected chi connectivity index (χ1v) is 12.9. The first-order valence-electron chi connectivity index (χ1n) is 11.0. The van der Waals surface area contributed by atoms with Crippen LogP contribution in [0.4, 0.5) is 0 Å². The highest BCUT2D eigenvalue weighted by Crippen LogP contribution is 2.29. The van der Waals surface area contributed by atoms with Gasteiger partial charge in [0.2, 0.25) is 15.9 Å². The number of hydrogen-bond donors (Lipinski definition) is 0. The maximum Gasteiger partial charge on any atom is 0.309 e. The van der Waals surface area contributed by atoms with E-state index in [-0.39, 0.29) is 35.3 Å². The van der Waals surface area contributed by atoms with Gasteiger partial charge in [-0.05, 0) is 56.9 Å². The topological polar surface area (TPSA) is 84.0 Å². The van der Waals surface area contributed by atoms with Crippen molar-refractivity contribution in [2.75, 3.05) is 26.2 Å². The van der Waals surface area contributed by atoms with Crippen LogP contribution in [0.2, 0.25) is 5.02 Å². The standard InChI is InChI=1S/C22H31ClN2O5S/c1-2-30-22(27)17-12-14-24(15-13-17)21(26)16-25(19-6-4-3-5-7-19)31(28,29)20-10-8-18(23)9-11-20/h8-11,17,19H,2-7,12-16H2,1H3. The molecule has 2 fully saturated rings. The number of carbonyl (C=O) groups excluding carboxylic acids is 2. The van der Waals surface area contributed by atoms with E-state index >= 15 is 0 Å². The smallest absolute Gasteiger partial charge is 0.309 e. The van der Waals surface area contributed by atoms with Crippen LogP contribution < -0.4 is 0 Å². The largest absolute Gasteiger partial charge is 0.466 e. The number of amides is 1. The van der Waals surface area contributed by atoms with Crippen molar-refractivity contribution in [3.8, 4) is 0 Å². The average molecular weight is 471 g/mol. The molecule has 31 heavy (non-hydrogen) atoms. The number of likely N-dealkylation sites (tertiary alicyclic amines) is 1. The Morgan fingerprint density at radius 1 is 1.06 bits per heavy atom. The van der Waals surface area contributed by atoms with Gasteiger partial charge in [-0.15, -0.1) is 0 Å². The number of ether oxygens (including phenoxy) is 1. The lowest BCUT2D eigenvalue weighted by Gasteiger charge is -2.36. The molecule has 0 bridgehead atoms. The summed E-state index contributed by atoms with van der Waals surface area (Å²) in [7, 11) is -3.83. The Kier molecular flexibility index (Phi) is 8.36. The van der Waals surface area contributed by atoms with Crippen LogP contribution in [-0.2, 0) is 24.3 Å². The zero-order valence-electron chi connectivity index (χ0n) is 18.0. The molecular formula is C22H31ClN2O5S. The third-order valence-electron chi connectivity index (χ3n) is 6.16. The maximum absolute atomic E-state index is 13.4. The fourth-order valence-corrected chi connectivity index (χ4v) is 6.14. The number of hydrogen-bond acceptors (Lipinski definition) is 5. The average Bonchev–Trinajstić information content (AvgIpc) is 2.78. The second kappa shape index (κ2) is 10.8. The molecule has 0 radical (unpaired) electrons. The van der Waals surface area contributed by atoms with Crippen LogP contribution in [0.25, 0.3) is 0 Å². The number of sulfonamides is 1. The van der Waals surface area contributed by atoms with E-state index in [1.54, 1.807) is 24.0 Å². The molecule has 1 aliphatic heterocycles. The van der Waals surface area contributed by atoms with E-state index in [2.05, 4.69) is 0 Å². The highest BCUT2D eigenvalue weighted by atomic mass is 35.5. The highest BCUT2D eigenvalue weighted by molar-refractivity contribution is 7.89. The van der Waals surface area contributed by atoms with Gasteiger partial charge in [-0.2, -0.15) is 4.31 Å². The normalized spacial score (nSPS) is 18.9. The van der Waals surface area contributed by atoms with Crippen molar-refractivity contribution in [1.82, 2.24) is 9.21 Å². The molecule has 3 rings (SSSR count). The van der Waals surface area contributed by atoms with Crippen LogP contribution in [-0.4, -0.2) is 61.8 Å². The fourth-order valence-electron chi connectivity index (χ4n) is 4.38. The van der Waals surface area contributed by atoms with Crippen molar-refractivity contribution in [2.24, 2.45) is 5.92 Å². The Morgan fingerprint density at radius 2 is 1.68 bits per heavy atom. The molecule has 1 saturated carbocycles. The molecule has 1 saturated heterocycles. The third-order valence-corrected chi connectivity index (χ3v) is 8.33. The Bertz CT molecular complexity index is 860. The number of nitrogens with zero attached hydrogens (tertiary/aromatic N) is 2. The summed E-state index contributed by atoms with van der Waals surface area (Å²) in [6.45, 7) is 2.80. The summed E-state index contributed by atoms with van der Waals surface area (Å²) in [6, 6.07) is 5.90. The van der Waals surface area contributed by atoms with E-state index < -0.39 is 10.0 Å². The Morgan fingerprint density at radius 3 is 2.26 bits per heavy atom. The van der Waals surface area contributed by atoms with Crippen LogP contribution in [0.5, 0.6) is 0 Å². The summed E-state index contributed by atoms with van der Waals surface area (Å²) >= 11 is 5.93. The lowest BCUT2D eigenvalue weighted by molar-refractivity contribution is -0.151. The van der Waals surface area contributed by atoms with Gasteiger partial charge in [0, 0.05) is 24.2 Å². The summed E-state index contributed by atoms with van der Waals surface area (Å²) in [6.07, 6.45) is 5.58. The van der Waals surface area contributed by atoms with E-state index in [1.807, 2.05) is 0 Å². The van der Waals surface area contributed by atoms with Crippen LogP contribution >= 0.6 is 11.6 Å². The summed E-state index contributed by atoms with van der Waals surface area (Å²) < 4.78 is 33.3. The summed E-state index contributed by atoms with van der Waals surface area (Å²) in [4.78, 5) is 26.8. The predicted molar refractivity (Wildman–Crippen MR) is 118 cm³/mol. The van der Waals surface area contributed by atoms with Crippen molar-refractivity contribution in [3.05, 3.63) is 29.3 Å². The third kappa shape index (κ3) is 5.99. The first-order chi connectivity index (χ1) is 14.8. The highest BCUT2D eigenvalue weighted by Gasteiger charge is 2.36. The number of piperidine rings is 1. The SMILES string of the molecule is CCOC(=O)C1CCN(C(=O)CN(C2CCCCC2)S(=O)(=O)c2ccc(Cl)cc2)CC1. The van der Waals surface area contributed by atoms with E-state index in [9.17, 15) is 18.0 Å². The van der Waals surface area contributed by atoms with Gasteiger partial charge >= 0.3 is 5.97 Å². The summed E-state index contributed by atoms with van der Waals surface area (Å²) in [5.41, 5.74) is 0. The van der Waals surface area contributed by atoms with E-state index in [0.29, 0.717) is 37.6 Å². The van der Waals surface area contributed by atoms with Gasteiger partial charge in [0.05, 0.1) is 24.0 Å². The van der Waals surface area contributed by atoms with Crippen molar-refractivity contribution >= 4 is 33.5 Å². The minimum absolute atomic E-state index is 0.149. The number of carbonyl (C=O) groups is 2. The molecule has 1 heterocycles. The van der Waals surface area contributed by atoms with Gasteiger partial charge in [-0.3, -0.25) is 9.59 Å². The molecule has 0 spiro atoms. The first kappa shape index (κ1) is 24.0. The second-order valence-corrected chi connectivity index (χ2v) is 10.5. The summed E-state index contributed by atoms with van der Waals surface area (Å²) in [5, 5.41) is 0.462. The molecule has 172 valence electrons. The zero-order chi connectivity index (χ0) is 22.4. The lowest BCUT2D eigenvalue weighted by atomic mass is 9.95. The predicted octanol–water partition coefficient (Wildman–Crippen LogP) is 3.47. The molecule has 0 N–H and O–H groups in total. The van der Waals surface area contributed by atoms with Crippen molar-refractivity contribution in [1.29, 1.82) is 0 Å². The molecule has 2 aliphatic rings. The maximum atomic E-state index is 13.4. The second-order valence-electron chi connectivity index (χ2n) is 8.20. The van der Waals surface area contributed by atoms with Crippen molar-refractivity contribution in [3.63, 3.8) is 0 Å². The van der Waals surface area contributed by atoms with Crippen LogP contribution in [0.15, 0.2) is 29.2 Å². The minimum atomic E-state index is -3.83. The van der Waals surface area contributed by atoms with Crippen molar-refractivity contribution < 1.29 is 22.7 Å². The van der Waals surface area contributed by atoms with Crippen LogP contribution in [0, 0.1) is 5.92 Å². The van der Waals surface area contributed by atoms with Gasteiger partial charge in [0.25, 0.3) is 0 Å². The fraction of sp³-hybridized carbons (Fsp3) is 0.636. The van der Waals surface area contributed by atoms with Gasteiger partial charge < -0.3 is 9.64 Å². The Hall–Kier alpha value is -1.64. The molecule has 1 aromatic rings. The van der Waals surface area contributed by atoms with E-state index in [1.165, 1.54) is 16.4 Å². The molecular weight excluding hydrogens is 440 g/mol. The zero-order valence-corrected chi connectivity index (χ0v) is 19.5. The van der Waals surface area contributed by atoms with E-state index in [4.69, 9.17) is 16.3 Å².